The first-order chi connectivity index (χ1) is 10.5. The Morgan fingerprint density at radius 3 is 2.55 bits per heavy atom. The number of H-pyrrole nitrogens is 1. The number of fused-ring (bicyclic) bond motifs is 1. The molecule has 0 aliphatic rings. The molecule has 0 fully saturated rings. The molecule has 3 rings (SSSR count). The van der Waals surface area contributed by atoms with Gasteiger partial charge in [-0.1, -0.05) is 24.3 Å². The van der Waals surface area contributed by atoms with Crippen LogP contribution in [0.4, 0.5) is 17.6 Å². The molecule has 1 aromatic heterocycles. The lowest BCUT2D eigenvalue weighted by molar-refractivity contribution is -0.253. The molecule has 3 aromatic rings. The van der Waals surface area contributed by atoms with Crippen LogP contribution in [0.5, 0.6) is 5.75 Å². The van der Waals surface area contributed by atoms with E-state index in [0.29, 0.717) is 16.9 Å². The molecule has 1 N–H and O–H groups in total. The zero-order valence-corrected chi connectivity index (χ0v) is 11.1. The van der Waals surface area contributed by atoms with Crippen LogP contribution in [0, 0.1) is 0 Å². The molecular formula is C15H10F4N2O. The van der Waals surface area contributed by atoms with Crippen LogP contribution in [0.1, 0.15) is 0 Å². The van der Waals surface area contributed by atoms with Gasteiger partial charge < -0.3 is 9.72 Å². The van der Waals surface area contributed by atoms with E-state index in [9.17, 15) is 17.6 Å². The fraction of sp³-hybridized carbons (Fsp3) is 0.133. The van der Waals surface area contributed by atoms with Crippen LogP contribution < -0.4 is 4.74 Å². The van der Waals surface area contributed by atoms with E-state index in [1.807, 2.05) is 18.2 Å². The Morgan fingerprint density at radius 1 is 1.05 bits per heavy atom. The molecule has 0 aliphatic carbocycles. The zero-order valence-electron chi connectivity index (χ0n) is 11.1. The van der Waals surface area contributed by atoms with Crippen LogP contribution in [0.25, 0.3) is 22.4 Å². The van der Waals surface area contributed by atoms with E-state index in [0.717, 1.165) is 5.52 Å². The summed E-state index contributed by atoms with van der Waals surface area (Å²) in [4.78, 5) is 7.33. The summed E-state index contributed by atoms with van der Waals surface area (Å²) >= 11 is 0. The number of halogens is 4. The van der Waals surface area contributed by atoms with E-state index in [2.05, 4.69) is 14.7 Å². The van der Waals surface area contributed by atoms with Gasteiger partial charge >= 0.3 is 12.5 Å². The van der Waals surface area contributed by atoms with Crippen molar-refractivity contribution in [2.75, 3.05) is 0 Å². The number of para-hydroxylation sites is 2. The first-order valence-corrected chi connectivity index (χ1v) is 6.36. The van der Waals surface area contributed by atoms with Gasteiger partial charge in [0.2, 0.25) is 0 Å². The highest BCUT2D eigenvalue weighted by atomic mass is 19.3. The molecule has 7 heteroatoms. The summed E-state index contributed by atoms with van der Waals surface area (Å²) in [6.45, 7) is 0. The summed E-state index contributed by atoms with van der Waals surface area (Å²) in [6, 6.07) is 12.7. The average molecular weight is 310 g/mol. The second kappa shape index (κ2) is 5.32. The lowest BCUT2D eigenvalue weighted by Gasteiger charge is -2.16. The van der Waals surface area contributed by atoms with E-state index < -0.39 is 12.5 Å². The largest absolute Gasteiger partial charge is 0.461 e. The number of imidazole rings is 1. The van der Waals surface area contributed by atoms with Crippen molar-refractivity contribution in [1.29, 1.82) is 0 Å². The van der Waals surface area contributed by atoms with Crippen LogP contribution >= 0.6 is 0 Å². The molecule has 22 heavy (non-hydrogen) atoms. The monoisotopic (exact) mass is 310 g/mol. The number of ether oxygens (including phenoxy) is 1. The minimum Gasteiger partial charge on any atom is -0.428 e. The molecule has 114 valence electrons. The summed E-state index contributed by atoms with van der Waals surface area (Å²) in [7, 11) is 0. The molecule has 0 bridgehead atoms. The van der Waals surface area contributed by atoms with Crippen molar-refractivity contribution in [3.63, 3.8) is 0 Å². The molecule has 0 amide bonds. The summed E-state index contributed by atoms with van der Waals surface area (Å²) in [5.74, 6) is 0.0790. The third-order valence-corrected chi connectivity index (χ3v) is 3.00. The molecule has 0 saturated heterocycles. The molecule has 0 unspecified atom stereocenters. The lowest BCUT2D eigenvalue weighted by atomic mass is 10.2. The minimum atomic E-state index is -4.54. The molecule has 0 aliphatic heterocycles. The molecule has 1 heterocycles. The highest BCUT2D eigenvalue weighted by molar-refractivity contribution is 5.79. The van der Waals surface area contributed by atoms with Gasteiger partial charge in [-0.05, 0) is 24.3 Å². The van der Waals surface area contributed by atoms with Gasteiger partial charge in [-0.3, -0.25) is 0 Å². The Bertz CT molecular complexity index is 768. The lowest BCUT2D eigenvalue weighted by Crippen LogP contribution is -2.33. The summed E-state index contributed by atoms with van der Waals surface area (Å²) in [5.41, 5.74) is 1.95. The van der Waals surface area contributed by atoms with Crippen molar-refractivity contribution in [2.24, 2.45) is 0 Å². The Balaban J connectivity index is 1.94. The second-order valence-corrected chi connectivity index (χ2v) is 4.59. The molecule has 0 atom stereocenters. The minimum absolute atomic E-state index is 0.358. The van der Waals surface area contributed by atoms with Gasteiger partial charge in [0.05, 0.1) is 11.0 Å². The Morgan fingerprint density at radius 2 is 1.82 bits per heavy atom. The Hall–Kier alpha value is -2.57. The van der Waals surface area contributed by atoms with Crippen LogP contribution in [0.15, 0.2) is 48.5 Å². The summed E-state index contributed by atoms with van der Waals surface area (Å²) < 4.78 is 54.3. The topological polar surface area (TPSA) is 37.9 Å². The molecule has 3 nitrogen and oxygen atoms in total. The number of nitrogens with one attached hydrogen (secondary N) is 1. The van der Waals surface area contributed by atoms with Gasteiger partial charge in [-0.25, -0.2) is 4.98 Å². The van der Waals surface area contributed by atoms with Gasteiger partial charge in [0.1, 0.15) is 11.6 Å². The number of hydrogen-bond donors (Lipinski definition) is 1. The van der Waals surface area contributed by atoms with Gasteiger partial charge in [-0.2, -0.15) is 17.6 Å². The van der Waals surface area contributed by atoms with Crippen LogP contribution in [0.3, 0.4) is 0 Å². The quantitative estimate of drug-likeness (QED) is 0.722. The van der Waals surface area contributed by atoms with Gasteiger partial charge in [0.25, 0.3) is 0 Å². The summed E-state index contributed by atoms with van der Waals surface area (Å²) in [5, 5.41) is 0. The van der Waals surface area contributed by atoms with E-state index in [4.69, 9.17) is 0 Å². The fourth-order valence-corrected chi connectivity index (χ4v) is 2.00. The number of hydrogen-bond acceptors (Lipinski definition) is 2. The van der Waals surface area contributed by atoms with Crippen molar-refractivity contribution in [3.05, 3.63) is 48.5 Å². The average Bonchev–Trinajstić information content (AvgIpc) is 2.91. The number of aromatic amines is 1. The predicted molar refractivity (Wildman–Crippen MR) is 73.1 cm³/mol. The number of nitrogens with zero attached hydrogens (tertiary/aromatic N) is 1. The number of rotatable bonds is 4. The molecule has 0 radical (unpaired) electrons. The van der Waals surface area contributed by atoms with Crippen molar-refractivity contribution in [3.8, 4) is 17.1 Å². The smallest absolute Gasteiger partial charge is 0.428 e. The van der Waals surface area contributed by atoms with Crippen molar-refractivity contribution in [2.45, 2.75) is 12.5 Å². The maximum atomic E-state index is 12.9. The van der Waals surface area contributed by atoms with Gasteiger partial charge in [0, 0.05) is 5.56 Å². The van der Waals surface area contributed by atoms with Crippen LogP contribution in [-0.4, -0.2) is 22.5 Å². The fourth-order valence-electron chi connectivity index (χ4n) is 2.00. The second-order valence-electron chi connectivity index (χ2n) is 4.59. The number of benzene rings is 2. The zero-order chi connectivity index (χ0) is 15.7. The molecule has 0 spiro atoms. The molecular weight excluding hydrogens is 300 g/mol. The predicted octanol–water partition coefficient (Wildman–Crippen LogP) is 4.47. The van der Waals surface area contributed by atoms with Gasteiger partial charge in [0.15, 0.2) is 0 Å². The molecule has 2 aromatic carbocycles. The maximum Gasteiger partial charge on any atom is 0.461 e. The van der Waals surface area contributed by atoms with Crippen molar-refractivity contribution >= 4 is 11.0 Å². The number of alkyl halides is 4. The van der Waals surface area contributed by atoms with E-state index >= 15 is 0 Å². The highest BCUT2D eigenvalue weighted by Gasteiger charge is 2.43. The third-order valence-electron chi connectivity index (χ3n) is 3.00. The van der Waals surface area contributed by atoms with Crippen molar-refractivity contribution in [1.82, 2.24) is 9.97 Å². The Kier molecular flexibility index (Phi) is 3.48. The summed E-state index contributed by atoms with van der Waals surface area (Å²) in [6.07, 6.45) is -8.44. The van der Waals surface area contributed by atoms with Crippen molar-refractivity contribution < 1.29 is 22.3 Å². The Labute approximate surface area is 122 Å². The standard InChI is InChI=1S/C15H10F4N2O/c16-14(17)15(18,19)22-10-5-3-4-9(8-10)13-20-11-6-1-2-7-12(11)21-13/h1-8,14H,(H,20,21). The normalized spacial score (nSPS) is 12.0. The van der Waals surface area contributed by atoms with Gasteiger partial charge in [-0.15, -0.1) is 0 Å². The first-order valence-electron chi connectivity index (χ1n) is 6.36. The highest BCUT2D eigenvalue weighted by Crippen LogP contribution is 2.30. The molecule has 0 saturated carbocycles. The third kappa shape index (κ3) is 2.74. The van der Waals surface area contributed by atoms with E-state index in [1.165, 1.54) is 18.2 Å². The maximum absolute atomic E-state index is 12.9. The number of aromatic nitrogens is 2. The van der Waals surface area contributed by atoms with Crippen LogP contribution in [0.2, 0.25) is 0 Å². The van der Waals surface area contributed by atoms with Crippen LogP contribution in [-0.2, 0) is 0 Å². The van der Waals surface area contributed by atoms with E-state index in [-0.39, 0.29) is 5.75 Å². The SMILES string of the molecule is FC(F)C(F)(F)Oc1cccc(-c2nc3ccccc3[nH]2)c1. The first kappa shape index (κ1) is 14.4. The van der Waals surface area contributed by atoms with E-state index in [1.54, 1.807) is 12.1 Å².